The summed E-state index contributed by atoms with van der Waals surface area (Å²) in [6.45, 7) is 7.26. The van der Waals surface area contributed by atoms with Crippen LogP contribution >= 0.6 is 0 Å². The van der Waals surface area contributed by atoms with Crippen molar-refractivity contribution in [3.63, 3.8) is 0 Å². The van der Waals surface area contributed by atoms with Crippen LogP contribution in [0.25, 0.3) is 0 Å². The molecule has 0 saturated heterocycles. The summed E-state index contributed by atoms with van der Waals surface area (Å²) in [4.78, 5) is 0. The normalized spacial score (nSPS) is 12.4. The summed E-state index contributed by atoms with van der Waals surface area (Å²) < 4.78 is 27.2. The van der Waals surface area contributed by atoms with Gasteiger partial charge < -0.3 is 14.0 Å². The standard InChI is InChI=1S/C25H29NO3S/c1-25(2,3)30(27)26-17-22-14-15-23(28-18-20-10-6-4-7-11-20)24(16-22)29-19-21-12-8-5-9-13-21/h4-16,26H,17-19H2,1-3H3. The average molecular weight is 424 g/mol. The molecule has 1 unspecified atom stereocenters. The van der Waals surface area contributed by atoms with Gasteiger partial charge in [-0.25, -0.2) is 0 Å². The van der Waals surface area contributed by atoms with Crippen molar-refractivity contribution in [2.75, 3.05) is 0 Å². The van der Waals surface area contributed by atoms with Crippen LogP contribution in [0.4, 0.5) is 0 Å². The SMILES string of the molecule is CC(C)(C)[S+]([O-])NCc1ccc(OCc2ccccc2)c(OCc2ccccc2)c1. The predicted molar refractivity (Wildman–Crippen MR) is 123 cm³/mol. The van der Waals surface area contributed by atoms with Crippen LogP contribution in [0, 0.1) is 0 Å². The van der Waals surface area contributed by atoms with Crippen LogP contribution in [0.1, 0.15) is 37.5 Å². The molecule has 5 heteroatoms. The van der Waals surface area contributed by atoms with Gasteiger partial charge in [0.25, 0.3) is 0 Å². The molecular formula is C25H29NO3S. The fourth-order valence-electron chi connectivity index (χ4n) is 2.73. The highest BCUT2D eigenvalue weighted by atomic mass is 32.2. The third-order valence-corrected chi connectivity index (χ3v) is 5.96. The molecule has 0 heterocycles. The topological polar surface area (TPSA) is 53.5 Å². The molecule has 0 aliphatic carbocycles. The summed E-state index contributed by atoms with van der Waals surface area (Å²) in [5, 5.41) is 0. The molecule has 0 aromatic heterocycles. The second kappa shape index (κ2) is 10.5. The molecule has 0 spiro atoms. The second-order valence-corrected chi connectivity index (χ2v) is 10.1. The molecule has 4 nitrogen and oxygen atoms in total. The minimum atomic E-state index is -1.13. The van der Waals surface area contributed by atoms with Gasteiger partial charge in [-0.15, -0.1) is 4.72 Å². The van der Waals surface area contributed by atoms with Gasteiger partial charge >= 0.3 is 0 Å². The smallest absolute Gasteiger partial charge is 0.162 e. The Bertz CT molecular complexity index is 911. The lowest BCUT2D eigenvalue weighted by molar-refractivity contribution is 0.255. The zero-order chi connectivity index (χ0) is 21.4. The molecule has 158 valence electrons. The van der Waals surface area contributed by atoms with Gasteiger partial charge in [0.05, 0.1) is 6.54 Å². The maximum absolute atomic E-state index is 12.3. The monoisotopic (exact) mass is 423 g/mol. The molecule has 3 aromatic carbocycles. The molecule has 0 amide bonds. The van der Waals surface area contributed by atoms with Crippen LogP contribution in [0.2, 0.25) is 0 Å². The summed E-state index contributed by atoms with van der Waals surface area (Å²) >= 11 is -1.13. The minimum absolute atomic E-state index is 0.314. The van der Waals surface area contributed by atoms with E-state index in [0.717, 1.165) is 16.7 Å². The second-order valence-electron chi connectivity index (χ2n) is 8.03. The lowest BCUT2D eigenvalue weighted by atomic mass is 10.2. The summed E-state index contributed by atoms with van der Waals surface area (Å²) in [5.41, 5.74) is 3.17. The van der Waals surface area contributed by atoms with Gasteiger partial charge in [0.2, 0.25) is 0 Å². The number of nitrogens with one attached hydrogen (secondary N) is 1. The van der Waals surface area contributed by atoms with E-state index in [0.29, 0.717) is 31.3 Å². The van der Waals surface area contributed by atoms with Crippen LogP contribution in [0.5, 0.6) is 11.5 Å². The van der Waals surface area contributed by atoms with E-state index in [2.05, 4.69) is 4.72 Å². The summed E-state index contributed by atoms with van der Waals surface area (Å²) in [7, 11) is 0. The molecule has 1 atom stereocenters. The van der Waals surface area contributed by atoms with Crippen molar-refractivity contribution in [3.8, 4) is 11.5 Å². The molecule has 0 fully saturated rings. The Kier molecular flexibility index (Phi) is 7.80. The van der Waals surface area contributed by atoms with Gasteiger partial charge in [-0.05, 0) is 49.6 Å². The molecule has 0 radical (unpaired) electrons. The number of hydrogen-bond donors (Lipinski definition) is 1. The maximum Gasteiger partial charge on any atom is 0.162 e. The van der Waals surface area contributed by atoms with Crippen molar-refractivity contribution in [2.24, 2.45) is 0 Å². The molecule has 1 N–H and O–H groups in total. The molecular weight excluding hydrogens is 394 g/mol. The molecule has 0 aliphatic heterocycles. The lowest BCUT2D eigenvalue weighted by Gasteiger charge is -2.23. The van der Waals surface area contributed by atoms with E-state index in [1.165, 1.54) is 0 Å². The summed E-state index contributed by atoms with van der Waals surface area (Å²) in [6, 6.07) is 25.9. The average Bonchev–Trinajstić information content (AvgIpc) is 2.76. The van der Waals surface area contributed by atoms with Gasteiger partial charge in [-0.2, -0.15) is 0 Å². The highest BCUT2D eigenvalue weighted by Gasteiger charge is 2.26. The van der Waals surface area contributed by atoms with E-state index < -0.39 is 11.4 Å². The van der Waals surface area contributed by atoms with Crippen LogP contribution in [-0.4, -0.2) is 9.30 Å². The van der Waals surface area contributed by atoms with Gasteiger partial charge in [0.15, 0.2) is 11.5 Å². The Morgan fingerprint density at radius 2 is 1.27 bits per heavy atom. The quantitative estimate of drug-likeness (QED) is 0.469. The molecule has 3 aromatic rings. The highest BCUT2D eigenvalue weighted by molar-refractivity contribution is 7.90. The Hall–Kier alpha value is -2.47. The van der Waals surface area contributed by atoms with Crippen molar-refractivity contribution in [1.29, 1.82) is 0 Å². The van der Waals surface area contributed by atoms with E-state index in [4.69, 9.17) is 9.47 Å². The van der Waals surface area contributed by atoms with Gasteiger partial charge in [0.1, 0.15) is 18.0 Å². The minimum Gasteiger partial charge on any atom is -0.598 e. The first kappa shape index (κ1) is 22.2. The number of hydrogen-bond acceptors (Lipinski definition) is 4. The molecule has 0 aliphatic rings. The van der Waals surface area contributed by atoms with Crippen molar-refractivity contribution in [1.82, 2.24) is 4.72 Å². The van der Waals surface area contributed by atoms with Crippen molar-refractivity contribution in [3.05, 3.63) is 95.6 Å². The molecule has 0 saturated carbocycles. The zero-order valence-electron chi connectivity index (χ0n) is 17.8. The van der Waals surface area contributed by atoms with Gasteiger partial charge in [0, 0.05) is 11.4 Å². The van der Waals surface area contributed by atoms with Crippen LogP contribution in [0.3, 0.4) is 0 Å². The van der Waals surface area contributed by atoms with E-state index in [1.807, 2.05) is 99.6 Å². The molecule has 0 bridgehead atoms. The van der Waals surface area contributed by atoms with Crippen molar-refractivity contribution < 1.29 is 14.0 Å². The van der Waals surface area contributed by atoms with Gasteiger partial charge in [-0.3, -0.25) is 0 Å². The zero-order valence-corrected chi connectivity index (χ0v) is 18.6. The Morgan fingerprint density at radius 1 is 0.733 bits per heavy atom. The third kappa shape index (κ3) is 6.80. The number of benzene rings is 3. The Balaban J connectivity index is 1.72. The first-order chi connectivity index (χ1) is 14.4. The number of ether oxygens (including phenoxy) is 2. The molecule has 30 heavy (non-hydrogen) atoms. The van der Waals surface area contributed by atoms with E-state index in [1.54, 1.807) is 0 Å². The van der Waals surface area contributed by atoms with E-state index in [-0.39, 0.29) is 4.75 Å². The molecule has 3 rings (SSSR count). The van der Waals surface area contributed by atoms with E-state index in [9.17, 15) is 4.55 Å². The fraction of sp³-hybridized carbons (Fsp3) is 0.280. The van der Waals surface area contributed by atoms with Crippen LogP contribution in [0.15, 0.2) is 78.9 Å². The largest absolute Gasteiger partial charge is 0.598 e. The Morgan fingerprint density at radius 3 is 1.80 bits per heavy atom. The fourth-order valence-corrected chi connectivity index (χ4v) is 3.46. The first-order valence-corrected chi connectivity index (χ1v) is 11.2. The number of rotatable bonds is 9. The van der Waals surface area contributed by atoms with Crippen LogP contribution in [-0.2, 0) is 31.1 Å². The van der Waals surface area contributed by atoms with Gasteiger partial charge in [-0.1, -0.05) is 66.7 Å². The van der Waals surface area contributed by atoms with E-state index >= 15 is 0 Å². The Labute approximate surface area is 182 Å². The lowest BCUT2D eigenvalue weighted by Crippen LogP contribution is -2.38. The van der Waals surface area contributed by atoms with Crippen LogP contribution < -0.4 is 14.2 Å². The first-order valence-electron chi connectivity index (χ1n) is 10.0. The van der Waals surface area contributed by atoms with Crippen molar-refractivity contribution >= 4 is 11.4 Å². The van der Waals surface area contributed by atoms with Crippen molar-refractivity contribution in [2.45, 2.75) is 45.3 Å². The summed E-state index contributed by atoms with van der Waals surface area (Å²) in [6.07, 6.45) is 0. The summed E-state index contributed by atoms with van der Waals surface area (Å²) in [5.74, 6) is 1.37. The third-order valence-electron chi connectivity index (χ3n) is 4.45. The maximum atomic E-state index is 12.3. The predicted octanol–water partition coefficient (Wildman–Crippen LogP) is 5.40. The highest BCUT2D eigenvalue weighted by Crippen LogP contribution is 2.30.